The predicted molar refractivity (Wildman–Crippen MR) is 76.5 cm³/mol. The SMILES string of the molecule is C[C@H]1C[C@@H]1CNC(=O)Cn1nc(-c2ccccc2)oc1=O. The van der Waals surface area contributed by atoms with Gasteiger partial charge in [-0.25, -0.2) is 4.79 Å². The number of rotatable bonds is 5. The molecule has 2 atom stereocenters. The summed E-state index contributed by atoms with van der Waals surface area (Å²) in [5.41, 5.74) is 0.709. The van der Waals surface area contributed by atoms with Gasteiger partial charge in [-0.15, -0.1) is 5.10 Å². The van der Waals surface area contributed by atoms with Crippen molar-refractivity contribution in [1.82, 2.24) is 15.1 Å². The second-order valence-electron chi connectivity index (χ2n) is 5.47. The van der Waals surface area contributed by atoms with Gasteiger partial charge >= 0.3 is 5.76 Å². The highest BCUT2D eigenvalue weighted by Crippen LogP contribution is 2.36. The molecular weight excluding hydrogens is 270 g/mol. The number of hydrogen-bond donors (Lipinski definition) is 1. The molecule has 0 radical (unpaired) electrons. The van der Waals surface area contributed by atoms with E-state index >= 15 is 0 Å². The number of hydrogen-bond acceptors (Lipinski definition) is 4. The summed E-state index contributed by atoms with van der Waals surface area (Å²) in [5, 5.41) is 6.87. The van der Waals surface area contributed by atoms with Crippen LogP contribution in [0.15, 0.2) is 39.5 Å². The Kier molecular flexibility index (Phi) is 3.60. The summed E-state index contributed by atoms with van der Waals surface area (Å²) in [4.78, 5) is 23.5. The first-order valence-corrected chi connectivity index (χ1v) is 7.03. The van der Waals surface area contributed by atoms with Crippen LogP contribution in [0.5, 0.6) is 0 Å². The highest BCUT2D eigenvalue weighted by molar-refractivity contribution is 5.75. The maximum Gasteiger partial charge on any atom is 0.437 e. The Morgan fingerprint density at radius 2 is 2.14 bits per heavy atom. The lowest BCUT2D eigenvalue weighted by Gasteiger charge is -2.02. The molecule has 1 saturated carbocycles. The van der Waals surface area contributed by atoms with Gasteiger partial charge in [0.05, 0.1) is 0 Å². The molecule has 21 heavy (non-hydrogen) atoms. The summed E-state index contributed by atoms with van der Waals surface area (Å²) >= 11 is 0. The van der Waals surface area contributed by atoms with Gasteiger partial charge in [0, 0.05) is 12.1 Å². The average Bonchev–Trinajstić information content (AvgIpc) is 3.08. The summed E-state index contributed by atoms with van der Waals surface area (Å²) in [6.45, 7) is 2.71. The molecule has 1 aliphatic carbocycles. The maximum absolute atomic E-state index is 11.8. The standard InChI is InChI=1S/C15H17N3O3/c1-10-7-12(10)8-16-13(19)9-18-15(20)21-14(17-18)11-5-3-2-4-6-11/h2-6,10,12H,7-9H2,1H3,(H,16,19)/t10-,12+/m0/s1. The highest BCUT2D eigenvalue weighted by atomic mass is 16.4. The second-order valence-corrected chi connectivity index (χ2v) is 5.47. The number of carbonyl (C=O) groups excluding carboxylic acids is 1. The minimum atomic E-state index is -0.621. The van der Waals surface area contributed by atoms with Crippen LogP contribution in [-0.2, 0) is 11.3 Å². The molecule has 2 aromatic rings. The monoisotopic (exact) mass is 287 g/mol. The molecule has 110 valence electrons. The number of amides is 1. The molecule has 1 fully saturated rings. The molecule has 1 N–H and O–H groups in total. The largest absolute Gasteiger partial charge is 0.437 e. The van der Waals surface area contributed by atoms with E-state index in [1.807, 2.05) is 18.2 Å². The summed E-state index contributed by atoms with van der Waals surface area (Å²) in [7, 11) is 0. The van der Waals surface area contributed by atoms with Crippen LogP contribution < -0.4 is 11.1 Å². The molecule has 0 saturated heterocycles. The Bertz CT molecular complexity index is 690. The van der Waals surface area contributed by atoms with E-state index in [1.165, 1.54) is 0 Å². The summed E-state index contributed by atoms with van der Waals surface area (Å²) in [6.07, 6.45) is 1.16. The lowest BCUT2D eigenvalue weighted by Crippen LogP contribution is -2.32. The third-order valence-electron chi connectivity index (χ3n) is 3.76. The Labute approximate surface area is 121 Å². The Balaban J connectivity index is 1.64. The fourth-order valence-electron chi connectivity index (χ4n) is 2.22. The van der Waals surface area contributed by atoms with Gasteiger partial charge in [0.15, 0.2) is 0 Å². The van der Waals surface area contributed by atoms with Crippen molar-refractivity contribution in [1.29, 1.82) is 0 Å². The maximum atomic E-state index is 11.8. The summed E-state index contributed by atoms with van der Waals surface area (Å²) in [6, 6.07) is 9.12. The van der Waals surface area contributed by atoms with Crippen LogP contribution in [0.25, 0.3) is 11.5 Å². The zero-order valence-electron chi connectivity index (χ0n) is 11.8. The normalized spacial score (nSPS) is 20.2. The smallest absolute Gasteiger partial charge is 0.388 e. The van der Waals surface area contributed by atoms with Crippen molar-refractivity contribution in [3.8, 4) is 11.5 Å². The third kappa shape index (κ3) is 3.21. The number of nitrogens with zero attached hydrogens (tertiary/aromatic N) is 2. The van der Waals surface area contributed by atoms with Crippen molar-refractivity contribution >= 4 is 5.91 Å². The molecule has 0 aliphatic heterocycles. The molecule has 6 heteroatoms. The van der Waals surface area contributed by atoms with Gasteiger partial charge in [0.2, 0.25) is 11.8 Å². The number of benzene rings is 1. The molecule has 0 spiro atoms. The molecule has 1 aromatic carbocycles. The predicted octanol–water partition coefficient (Wildman–Crippen LogP) is 1.28. The zero-order valence-corrected chi connectivity index (χ0v) is 11.8. The van der Waals surface area contributed by atoms with Crippen molar-refractivity contribution in [2.75, 3.05) is 6.54 Å². The van der Waals surface area contributed by atoms with Gasteiger partial charge in [-0.2, -0.15) is 4.68 Å². The highest BCUT2D eigenvalue weighted by Gasteiger charge is 2.32. The Hall–Kier alpha value is -2.37. The first-order valence-electron chi connectivity index (χ1n) is 7.03. The first kappa shape index (κ1) is 13.6. The molecular formula is C15H17N3O3. The zero-order chi connectivity index (χ0) is 14.8. The van der Waals surface area contributed by atoms with E-state index in [9.17, 15) is 9.59 Å². The number of carbonyl (C=O) groups is 1. The fourth-order valence-corrected chi connectivity index (χ4v) is 2.22. The molecule has 1 heterocycles. The van der Waals surface area contributed by atoms with Crippen molar-refractivity contribution in [2.45, 2.75) is 19.9 Å². The summed E-state index contributed by atoms with van der Waals surface area (Å²) < 4.78 is 6.12. The van der Waals surface area contributed by atoms with Gasteiger partial charge in [-0.1, -0.05) is 25.1 Å². The van der Waals surface area contributed by atoms with Crippen LogP contribution in [0, 0.1) is 11.8 Å². The fraction of sp³-hybridized carbons (Fsp3) is 0.400. The number of aromatic nitrogens is 2. The molecule has 6 nitrogen and oxygen atoms in total. The van der Waals surface area contributed by atoms with E-state index in [4.69, 9.17) is 4.42 Å². The van der Waals surface area contributed by atoms with Gasteiger partial charge in [-0.3, -0.25) is 4.79 Å². The minimum absolute atomic E-state index is 0.115. The van der Waals surface area contributed by atoms with Crippen LogP contribution >= 0.6 is 0 Å². The van der Waals surface area contributed by atoms with E-state index in [-0.39, 0.29) is 18.3 Å². The van der Waals surface area contributed by atoms with E-state index in [1.54, 1.807) is 12.1 Å². The minimum Gasteiger partial charge on any atom is -0.388 e. The molecule has 1 aromatic heterocycles. The van der Waals surface area contributed by atoms with Crippen LogP contribution in [0.3, 0.4) is 0 Å². The average molecular weight is 287 g/mol. The molecule has 1 aliphatic rings. The topological polar surface area (TPSA) is 77.1 Å². The summed E-state index contributed by atoms with van der Waals surface area (Å²) in [5.74, 6) is 0.643. The van der Waals surface area contributed by atoms with Crippen LogP contribution in [-0.4, -0.2) is 22.2 Å². The van der Waals surface area contributed by atoms with Gasteiger partial charge < -0.3 is 9.73 Å². The van der Waals surface area contributed by atoms with Crippen molar-refractivity contribution < 1.29 is 9.21 Å². The lowest BCUT2D eigenvalue weighted by atomic mass is 10.2. The molecule has 3 rings (SSSR count). The van der Waals surface area contributed by atoms with E-state index in [0.717, 1.165) is 11.1 Å². The van der Waals surface area contributed by atoms with Crippen LogP contribution in [0.2, 0.25) is 0 Å². The third-order valence-corrected chi connectivity index (χ3v) is 3.76. The van der Waals surface area contributed by atoms with Crippen molar-refractivity contribution in [3.05, 3.63) is 40.9 Å². The van der Waals surface area contributed by atoms with E-state index < -0.39 is 5.76 Å². The number of nitrogens with one attached hydrogen (secondary N) is 1. The Morgan fingerprint density at radius 3 is 2.81 bits per heavy atom. The van der Waals surface area contributed by atoms with Crippen molar-refractivity contribution in [3.63, 3.8) is 0 Å². The van der Waals surface area contributed by atoms with Gasteiger partial charge in [0.1, 0.15) is 6.54 Å². The quantitative estimate of drug-likeness (QED) is 0.898. The first-order chi connectivity index (χ1) is 10.1. The second kappa shape index (κ2) is 5.55. The molecule has 0 unspecified atom stereocenters. The Morgan fingerprint density at radius 1 is 1.43 bits per heavy atom. The van der Waals surface area contributed by atoms with Crippen LogP contribution in [0.4, 0.5) is 0 Å². The van der Waals surface area contributed by atoms with Gasteiger partial charge in [-0.05, 0) is 30.4 Å². The molecule has 1 amide bonds. The van der Waals surface area contributed by atoms with E-state index in [2.05, 4.69) is 17.3 Å². The van der Waals surface area contributed by atoms with Gasteiger partial charge in [0.25, 0.3) is 0 Å². The lowest BCUT2D eigenvalue weighted by molar-refractivity contribution is -0.122. The van der Waals surface area contributed by atoms with Crippen LogP contribution in [0.1, 0.15) is 13.3 Å². The molecule has 0 bridgehead atoms. The van der Waals surface area contributed by atoms with E-state index in [0.29, 0.717) is 23.9 Å². The van der Waals surface area contributed by atoms with Crippen molar-refractivity contribution in [2.24, 2.45) is 11.8 Å².